The van der Waals surface area contributed by atoms with E-state index in [0.717, 1.165) is 37.6 Å². The van der Waals surface area contributed by atoms with Gasteiger partial charge in [-0.05, 0) is 80.8 Å². The lowest BCUT2D eigenvalue weighted by atomic mass is 9.70. The first-order valence-corrected chi connectivity index (χ1v) is 12.0. The minimum Gasteiger partial charge on any atom is -0.303 e. The molecule has 3 rings (SSSR count). The average molecular weight is 497 g/mol. The van der Waals surface area contributed by atoms with E-state index < -0.39 is 40.4 Å². The first-order valence-electron chi connectivity index (χ1n) is 12.0. The van der Waals surface area contributed by atoms with Crippen molar-refractivity contribution in [3.63, 3.8) is 0 Å². The second-order valence-corrected chi connectivity index (χ2v) is 9.26. The molecule has 0 aromatic heterocycles. The molecule has 35 heavy (non-hydrogen) atoms. The molecule has 0 spiro atoms. The van der Waals surface area contributed by atoms with Crippen molar-refractivity contribution in [1.29, 1.82) is 5.26 Å². The van der Waals surface area contributed by atoms with E-state index in [-0.39, 0.29) is 6.42 Å². The summed E-state index contributed by atoms with van der Waals surface area (Å²) in [5, 5.41) is 10.1. The van der Waals surface area contributed by atoms with Gasteiger partial charge in [0.1, 0.15) is 0 Å². The van der Waals surface area contributed by atoms with Crippen LogP contribution in [0.1, 0.15) is 61.3 Å². The first kappa shape index (κ1) is 27.1. The molecule has 2 aromatic carbocycles. The zero-order chi connectivity index (χ0) is 25.7. The van der Waals surface area contributed by atoms with Crippen molar-refractivity contribution in [2.75, 3.05) is 19.6 Å². The van der Waals surface area contributed by atoms with Crippen LogP contribution in [0, 0.1) is 17.2 Å². The van der Waals surface area contributed by atoms with Gasteiger partial charge in [0.25, 0.3) is 0 Å². The molecule has 1 unspecified atom stereocenters. The van der Waals surface area contributed by atoms with E-state index in [1.165, 1.54) is 0 Å². The van der Waals surface area contributed by atoms with Gasteiger partial charge in [0.2, 0.25) is 0 Å². The van der Waals surface area contributed by atoms with Crippen molar-refractivity contribution in [1.82, 2.24) is 4.90 Å². The van der Waals surface area contributed by atoms with E-state index in [9.17, 15) is 31.6 Å². The van der Waals surface area contributed by atoms with Crippen LogP contribution in [0.3, 0.4) is 0 Å². The highest BCUT2D eigenvalue weighted by Gasteiger charge is 2.54. The van der Waals surface area contributed by atoms with Crippen molar-refractivity contribution in [3.8, 4) is 6.07 Å². The van der Waals surface area contributed by atoms with Crippen LogP contribution in [0.15, 0.2) is 48.5 Å². The summed E-state index contributed by atoms with van der Waals surface area (Å²) in [6, 6.07) is 13.9. The van der Waals surface area contributed by atoms with Gasteiger partial charge in [-0.1, -0.05) is 43.3 Å². The van der Waals surface area contributed by atoms with Gasteiger partial charge in [-0.3, -0.25) is 0 Å². The van der Waals surface area contributed by atoms with Crippen LogP contribution in [0.5, 0.6) is 0 Å². The summed E-state index contributed by atoms with van der Waals surface area (Å²) in [7, 11) is 0. The Morgan fingerprint density at radius 1 is 0.857 bits per heavy atom. The van der Waals surface area contributed by atoms with Gasteiger partial charge >= 0.3 is 12.4 Å². The van der Waals surface area contributed by atoms with Crippen LogP contribution in [0.2, 0.25) is 0 Å². The molecule has 1 aliphatic rings. The van der Waals surface area contributed by atoms with Gasteiger partial charge < -0.3 is 4.90 Å². The summed E-state index contributed by atoms with van der Waals surface area (Å²) in [4.78, 5) is 2.17. The summed E-state index contributed by atoms with van der Waals surface area (Å²) >= 11 is 0. The average Bonchev–Trinajstić information content (AvgIpc) is 3.65. The molecule has 1 aliphatic carbocycles. The van der Waals surface area contributed by atoms with Gasteiger partial charge in [-0.2, -0.15) is 31.6 Å². The Morgan fingerprint density at radius 2 is 1.46 bits per heavy atom. The number of nitriles is 1. The molecular formula is C27H30F6N2. The van der Waals surface area contributed by atoms with Crippen LogP contribution >= 0.6 is 0 Å². The van der Waals surface area contributed by atoms with E-state index in [2.05, 4.69) is 4.90 Å². The molecule has 190 valence electrons. The third-order valence-corrected chi connectivity index (χ3v) is 6.74. The Kier molecular flexibility index (Phi) is 8.53. The van der Waals surface area contributed by atoms with Gasteiger partial charge in [-0.25, -0.2) is 0 Å². The molecule has 0 N–H and O–H groups in total. The second kappa shape index (κ2) is 11.0. The smallest absolute Gasteiger partial charge is 0.303 e. The van der Waals surface area contributed by atoms with Crippen molar-refractivity contribution >= 4 is 0 Å². The molecule has 0 saturated heterocycles. The number of rotatable bonds is 11. The molecule has 1 saturated carbocycles. The van der Waals surface area contributed by atoms with E-state index in [1.807, 2.05) is 43.3 Å². The summed E-state index contributed by atoms with van der Waals surface area (Å²) in [6.07, 6.45) is -7.13. The molecular weight excluding hydrogens is 466 g/mol. The fraction of sp³-hybridized carbons (Fsp3) is 0.519. The van der Waals surface area contributed by atoms with Crippen LogP contribution in [-0.4, -0.2) is 24.5 Å². The molecule has 0 aliphatic heterocycles. The lowest BCUT2D eigenvalue weighted by Crippen LogP contribution is -2.35. The zero-order valence-corrected chi connectivity index (χ0v) is 19.7. The molecule has 2 nitrogen and oxygen atoms in total. The van der Waals surface area contributed by atoms with Crippen LogP contribution in [0.4, 0.5) is 26.3 Å². The van der Waals surface area contributed by atoms with E-state index in [1.54, 1.807) is 0 Å². The Labute approximate surface area is 202 Å². The van der Waals surface area contributed by atoms with Crippen molar-refractivity contribution in [2.45, 2.75) is 63.2 Å². The minimum atomic E-state index is -4.99. The number of alkyl halides is 6. The maximum absolute atomic E-state index is 13.9. The summed E-state index contributed by atoms with van der Waals surface area (Å²) < 4.78 is 83.4. The van der Waals surface area contributed by atoms with Crippen LogP contribution < -0.4 is 0 Å². The molecule has 1 atom stereocenters. The van der Waals surface area contributed by atoms with Gasteiger partial charge in [0.15, 0.2) is 0 Å². The quantitative estimate of drug-likeness (QED) is 0.299. The Bertz CT molecular complexity index is 973. The van der Waals surface area contributed by atoms with E-state index >= 15 is 0 Å². The van der Waals surface area contributed by atoms with E-state index in [4.69, 9.17) is 0 Å². The third kappa shape index (κ3) is 6.58. The number of hydrogen-bond donors (Lipinski definition) is 0. The van der Waals surface area contributed by atoms with Crippen molar-refractivity contribution in [3.05, 3.63) is 70.8 Å². The molecule has 0 radical (unpaired) electrons. The molecule has 0 amide bonds. The van der Waals surface area contributed by atoms with Gasteiger partial charge in [-0.15, -0.1) is 0 Å². The maximum Gasteiger partial charge on any atom is 0.416 e. The predicted octanol–water partition coefficient (Wildman–Crippen LogP) is 7.63. The Balaban J connectivity index is 1.88. The lowest BCUT2D eigenvalue weighted by Gasteiger charge is -2.33. The third-order valence-electron chi connectivity index (χ3n) is 6.74. The highest BCUT2D eigenvalue weighted by molar-refractivity contribution is 5.49. The molecule has 2 aromatic rings. The maximum atomic E-state index is 13.9. The monoisotopic (exact) mass is 496 g/mol. The standard InChI is InChI=1S/C27H30F6N2/c1-2-16-35(18-14-20-8-4-3-5-9-20)17-7-15-25(19-34,21-12-13-21)24-22(26(28,29)30)10-6-11-23(24)27(31,32)33/h3-6,8-11,21H,2,7,12-18H2,1H3. The van der Waals surface area contributed by atoms with Crippen molar-refractivity contribution < 1.29 is 26.3 Å². The van der Waals surface area contributed by atoms with E-state index in [0.29, 0.717) is 37.9 Å². The summed E-state index contributed by atoms with van der Waals surface area (Å²) in [5.74, 6) is -0.513. The highest BCUT2D eigenvalue weighted by Crippen LogP contribution is 2.55. The minimum absolute atomic E-state index is 0.0457. The number of benzene rings is 2. The fourth-order valence-corrected chi connectivity index (χ4v) is 4.98. The Morgan fingerprint density at radius 3 is 1.94 bits per heavy atom. The topological polar surface area (TPSA) is 27.0 Å². The SMILES string of the molecule is CCCN(CCCC(C#N)(c1c(C(F)(F)F)cccc1C(F)(F)F)C1CC1)CCc1ccccc1. The largest absolute Gasteiger partial charge is 0.416 e. The molecule has 1 fully saturated rings. The van der Waals surface area contributed by atoms with Crippen LogP contribution in [-0.2, 0) is 24.2 Å². The number of halogens is 6. The summed E-state index contributed by atoms with van der Waals surface area (Å²) in [6.45, 7) is 4.03. The first-order chi connectivity index (χ1) is 16.5. The molecule has 0 heterocycles. The fourth-order valence-electron chi connectivity index (χ4n) is 4.98. The zero-order valence-electron chi connectivity index (χ0n) is 19.7. The molecule has 0 bridgehead atoms. The molecule has 8 heteroatoms. The Hall–Kier alpha value is -2.53. The highest BCUT2D eigenvalue weighted by atomic mass is 19.4. The van der Waals surface area contributed by atoms with Gasteiger partial charge in [0.05, 0.1) is 22.6 Å². The normalized spacial score (nSPS) is 16.2. The second-order valence-electron chi connectivity index (χ2n) is 9.26. The number of hydrogen-bond acceptors (Lipinski definition) is 2. The van der Waals surface area contributed by atoms with Crippen LogP contribution in [0.25, 0.3) is 0 Å². The van der Waals surface area contributed by atoms with Crippen molar-refractivity contribution in [2.24, 2.45) is 5.92 Å². The predicted molar refractivity (Wildman–Crippen MR) is 123 cm³/mol. The summed E-state index contributed by atoms with van der Waals surface area (Å²) in [5.41, 5.74) is -4.26. The number of nitrogens with zero attached hydrogens (tertiary/aromatic N) is 2. The lowest BCUT2D eigenvalue weighted by molar-refractivity contribution is -0.145. The van der Waals surface area contributed by atoms with Gasteiger partial charge in [0, 0.05) is 6.54 Å².